The van der Waals surface area contributed by atoms with Crippen LogP contribution in [0.3, 0.4) is 0 Å². The molecule has 0 saturated carbocycles. The highest BCUT2D eigenvalue weighted by Gasteiger charge is 2.23. The van der Waals surface area contributed by atoms with E-state index in [1.165, 1.54) is 0 Å². The smallest absolute Gasteiger partial charge is 0.326 e. The molecule has 106 valence electrons. The average Bonchev–Trinajstić information content (AvgIpc) is 2.82. The van der Waals surface area contributed by atoms with E-state index in [-0.39, 0.29) is 5.92 Å². The lowest BCUT2D eigenvalue weighted by Gasteiger charge is -2.18. The Morgan fingerprint density at radius 2 is 2.10 bits per heavy atom. The second-order valence-electron chi connectivity index (χ2n) is 4.79. The topological polar surface area (TPSA) is 107 Å². The number of amides is 2. The van der Waals surface area contributed by atoms with Crippen molar-refractivity contribution < 1.29 is 14.7 Å². The highest BCUT2D eigenvalue weighted by atomic mass is 16.4. The molecule has 0 bridgehead atoms. The first-order valence-electron chi connectivity index (χ1n) is 6.21. The maximum atomic E-state index is 11.8. The van der Waals surface area contributed by atoms with Crippen molar-refractivity contribution in [2.45, 2.75) is 19.9 Å². The van der Waals surface area contributed by atoms with E-state index < -0.39 is 18.0 Å². The molecular formula is C13H16N4O3. The van der Waals surface area contributed by atoms with Gasteiger partial charge in [-0.2, -0.15) is 0 Å². The summed E-state index contributed by atoms with van der Waals surface area (Å²) in [6.45, 7) is 3.46. The molecular weight excluding hydrogens is 260 g/mol. The number of urea groups is 1. The van der Waals surface area contributed by atoms with Crippen LogP contribution in [0.5, 0.6) is 0 Å². The van der Waals surface area contributed by atoms with Gasteiger partial charge in [-0.05, 0) is 24.1 Å². The molecule has 0 spiro atoms. The standard InChI is InChI=1S/C13H16N4O3/c1-7(2)11(12(18)19)17-13(20)16-8-3-4-9-10(5-8)15-6-14-9/h3-7,11H,1-2H3,(H,14,15)(H,18,19)(H2,16,17,20). The molecule has 2 amide bonds. The zero-order valence-corrected chi connectivity index (χ0v) is 11.2. The number of aromatic amines is 1. The quantitative estimate of drug-likeness (QED) is 0.682. The summed E-state index contributed by atoms with van der Waals surface area (Å²) < 4.78 is 0. The van der Waals surface area contributed by atoms with Crippen LogP contribution in [0.2, 0.25) is 0 Å². The summed E-state index contributed by atoms with van der Waals surface area (Å²) in [6, 6.07) is 3.72. The third-order valence-electron chi connectivity index (χ3n) is 2.90. The Balaban J connectivity index is 2.05. The van der Waals surface area contributed by atoms with Crippen molar-refractivity contribution in [3.63, 3.8) is 0 Å². The molecule has 1 unspecified atom stereocenters. The number of benzene rings is 1. The molecule has 0 aliphatic rings. The molecule has 2 rings (SSSR count). The van der Waals surface area contributed by atoms with E-state index in [4.69, 9.17) is 5.11 Å². The number of aliphatic carboxylic acids is 1. The van der Waals surface area contributed by atoms with Crippen molar-refractivity contribution in [3.8, 4) is 0 Å². The van der Waals surface area contributed by atoms with E-state index in [0.29, 0.717) is 5.69 Å². The molecule has 7 nitrogen and oxygen atoms in total. The van der Waals surface area contributed by atoms with Crippen molar-refractivity contribution in [2.75, 3.05) is 5.32 Å². The fraction of sp³-hybridized carbons (Fsp3) is 0.308. The summed E-state index contributed by atoms with van der Waals surface area (Å²) in [5.74, 6) is -1.26. The number of carboxylic acid groups (broad SMARTS) is 1. The zero-order valence-electron chi connectivity index (χ0n) is 11.2. The number of hydrogen-bond acceptors (Lipinski definition) is 3. The monoisotopic (exact) mass is 276 g/mol. The van der Waals surface area contributed by atoms with E-state index in [9.17, 15) is 9.59 Å². The number of carbonyl (C=O) groups excluding carboxylic acids is 1. The molecule has 4 N–H and O–H groups in total. The van der Waals surface area contributed by atoms with Crippen LogP contribution in [-0.2, 0) is 4.79 Å². The first-order chi connectivity index (χ1) is 9.47. The number of imidazole rings is 1. The molecule has 0 radical (unpaired) electrons. The average molecular weight is 276 g/mol. The van der Waals surface area contributed by atoms with Gasteiger partial charge in [-0.3, -0.25) is 0 Å². The Bertz CT molecular complexity index is 635. The van der Waals surface area contributed by atoms with Crippen LogP contribution < -0.4 is 10.6 Å². The highest BCUT2D eigenvalue weighted by molar-refractivity contribution is 5.94. The van der Waals surface area contributed by atoms with E-state index in [1.54, 1.807) is 38.4 Å². The molecule has 0 aliphatic heterocycles. The number of anilines is 1. The molecule has 1 aromatic heterocycles. The molecule has 0 aliphatic carbocycles. The van der Waals surface area contributed by atoms with Crippen LogP contribution in [0.25, 0.3) is 11.0 Å². The molecule has 0 saturated heterocycles. The summed E-state index contributed by atoms with van der Waals surface area (Å²) in [6.07, 6.45) is 1.56. The molecule has 1 atom stereocenters. The first kappa shape index (κ1) is 13.9. The Hall–Kier alpha value is -2.57. The SMILES string of the molecule is CC(C)C(NC(=O)Nc1ccc2nc[nH]c2c1)C(=O)O. The number of aromatic nitrogens is 2. The number of nitrogens with zero attached hydrogens (tertiary/aromatic N) is 1. The van der Waals surface area contributed by atoms with Gasteiger partial charge in [-0.15, -0.1) is 0 Å². The van der Waals surface area contributed by atoms with Crippen LogP contribution in [0.1, 0.15) is 13.8 Å². The van der Waals surface area contributed by atoms with Gasteiger partial charge in [0.05, 0.1) is 17.4 Å². The summed E-state index contributed by atoms with van der Waals surface area (Å²) >= 11 is 0. The minimum absolute atomic E-state index is 0.201. The summed E-state index contributed by atoms with van der Waals surface area (Å²) in [7, 11) is 0. The number of H-pyrrole nitrogens is 1. The molecule has 2 aromatic rings. The van der Waals surface area contributed by atoms with Crippen LogP contribution in [0, 0.1) is 5.92 Å². The highest BCUT2D eigenvalue weighted by Crippen LogP contribution is 2.15. The lowest BCUT2D eigenvalue weighted by molar-refractivity contribution is -0.140. The van der Waals surface area contributed by atoms with E-state index in [1.807, 2.05) is 0 Å². The fourth-order valence-electron chi connectivity index (χ4n) is 1.84. The molecule has 7 heteroatoms. The number of fused-ring (bicyclic) bond motifs is 1. The third kappa shape index (κ3) is 3.05. The van der Waals surface area contributed by atoms with Gasteiger partial charge in [-0.25, -0.2) is 14.6 Å². The second-order valence-corrected chi connectivity index (χ2v) is 4.79. The molecule has 1 aromatic carbocycles. The van der Waals surface area contributed by atoms with Crippen molar-refractivity contribution in [1.82, 2.24) is 15.3 Å². The molecule has 1 heterocycles. The zero-order chi connectivity index (χ0) is 14.7. The lowest BCUT2D eigenvalue weighted by atomic mass is 10.1. The van der Waals surface area contributed by atoms with Crippen molar-refractivity contribution in [3.05, 3.63) is 24.5 Å². The van der Waals surface area contributed by atoms with Crippen LogP contribution in [0.15, 0.2) is 24.5 Å². The normalized spacial score (nSPS) is 12.3. The van der Waals surface area contributed by atoms with Gasteiger partial charge >= 0.3 is 12.0 Å². The van der Waals surface area contributed by atoms with Crippen LogP contribution in [-0.4, -0.2) is 33.1 Å². The number of carboxylic acids is 1. The lowest BCUT2D eigenvalue weighted by Crippen LogP contribution is -2.46. The van der Waals surface area contributed by atoms with Gasteiger partial charge in [0.25, 0.3) is 0 Å². The van der Waals surface area contributed by atoms with Crippen molar-refractivity contribution >= 4 is 28.7 Å². The Labute approximate surface area is 115 Å². The molecule has 20 heavy (non-hydrogen) atoms. The fourth-order valence-corrected chi connectivity index (χ4v) is 1.84. The minimum Gasteiger partial charge on any atom is -0.480 e. The minimum atomic E-state index is -1.06. The van der Waals surface area contributed by atoms with Crippen molar-refractivity contribution in [1.29, 1.82) is 0 Å². The van der Waals surface area contributed by atoms with Gasteiger partial charge in [0, 0.05) is 5.69 Å². The van der Waals surface area contributed by atoms with Gasteiger partial charge in [0.1, 0.15) is 6.04 Å². The molecule has 0 fully saturated rings. The van der Waals surface area contributed by atoms with Gasteiger partial charge < -0.3 is 20.7 Å². The maximum absolute atomic E-state index is 11.8. The van der Waals surface area contributed by atoms with Crippen molar-refractivity contribution in [2.24, 2.45) is 5.92 Å². The largest absolute Gasteiger partial charge is 0.480 e. The Kier molecular flexibility index (Phi) is 3.88. The predicted molar refractivity (Wildman–Crippen MR) is 74.5 cm³/mol. The Morgan fingerprint density at radius 1 is 1.35 bits per heavy atom. The van der Waals surface area contributed by atoms with Gasteiger partial charge in [0.15, 0.2) is 0 Å². The van der Waals surface area contributed by atoms with Crippen LogP contribution >= 0.6 is 0 Å². The summed E-state index contributed by atoms with van der Waals surface area (Å²) in [5, 5.41) is 14.1. The first-order valence-corrected chi connectivity index (χ1v) is 6.21. The number of nitrogens with one attached hydrogen (secondary N) is 3. The number of carbonyl (C=O) groups is 2. The Morgan fingerprint density at radius 3 is 2.75 bits per heavy atom. The number of rotatable bonds is 4. The predicted octanol–water partition coefficient (Wildman–Crippen LogP) is 1.79. The second kappa shape index (κ2) is 5.60. The van der Waals surface area contributed by atoms with E-state index >= 15 is 0 Å². The maximum Gasteiger partial charge on any atom is 0.326 e. The van der Waals surface area contributed by atoms with Gasteiger partial charge in [-0.1, -0.05) is 13.8 Å². The van der Waals surface area contributed by atoms with Crippen LogP contribution in [0.4, 0.5) is 10.5 Å². The number of hydrogen-bond donors (Lipinski definition) is 4. The van der Waals surface area contributed by atoms with E-state index in [0.717, 1.165) is 11.0 Å². The van der Waals surface area contributed by atoms with E-state index in [2.05, 4.69) is 20.6 Å². The van der Waals surface area contributed by atoms with Gasteiger partial charge in [0.2, 0.25) is 0 Å². The summed E-state index contributed by atoms with van der Waals surface area (Å²) in [5.41, 5.74) is 2.15. The summed E-state index contributed by atoms with van der Waals surface area (Å²) in [4.78, 5) is 29.8. The third-order valence-corrected chi connectivity index (χ3v) is 2.90.